The SMILES string of the molecule is COCCN(c1nc(CCC(=O)OC)cs1)C(C)COC. The number of anilines is 1. The number of esters is 1. The fourth-order valence-electron chi connectivity index (χ4n) is 1.90. The lowest BCUT2D eigenvalue weighted by atomic mass is 10.2. The summed E-state index contributed by atoms with van der Waals surface area (Å²) in [6.07, 6.45) is 0.950. The molecule has 0 aliphatic carbocycles. The number of nitrogens with zero attached hydrogens (tertiary/aromatic N) is 2. The lowest BCUT2D eigenvalue weighted by molar-refractivity contribution is -0.140. The van der Waals surface area contributed by atoms with E-state index in [1.54, 1.807) is 25.6 Å². The number of methoxy groups -OCH3 is 3. The zero-order valence-corrected chi connectivity index (χ0v) is 13.9. The van der Waals surface area contributed by atoms with E-state index in [9.17, 15) is 4.79 Å². The average Bonchev–Trinajstić information content (AvgIpc) is 2.94. The molecule has 0 aromatic carbocycles. The molecule has 0 aliphatic rings. The predicted molar refractivity (Wildman–Crippen MR) is 83.0 cm³/mol. The van der Waals surface area contributed by atoms with Gasteiger partial charge in [0.25, 0.3) is 0 Å². The Hall–Kier alpha value is -1.18. The van der Waals surface area contributed by atoms with Crippen molar-refractivity contribution in [1.29, 1.82) is 0 Å². The van der Waals surface area contributed by atoms with Crippen LogP contribution in [0.4, 0.5) is 5.13 Å². The average molecular weight is 316 g/mol. The van der Waals surface area contributed by atoms with Gasteiger partial charge in [-0.3, -0.25) is 4.79 Å². The normalized spacial score (nSPS) is 12.2. The molecule has 0 amide bonds. The number of carbonyl (C=O) groups excluding carboxylic acids is 1. The van der Waals surface area contributed by atoms with E-state index in [2.05, 4.69) is 21.5 Å². The van der Waals surface area contributed by atoms with E-state index < -0.39 is 0 Å². The van der Waals surface area contributed by atoms with Gasteiger partial charge < -0.3 is 19.1 Å². The second kappa shape index (κ2) is 9.70. The van der Waals surface area contributed by atoms with Crippen LogP contribution in [0.1, 0.15) is 19.0 Å². The van der Waals surface area contributed by atoms with Crippen molar-refractivity contribution in [2.75, 3.05) is 46.0 Å². The van der Waals surface area contributed by atoms with Gasteiger partial charge in [-0.25, -0.2) is 4.98 Å². The second-order valence-electron chi connectivity index (χ2n) is 4.69. The quantitative estimate of drug-likeness (QED) is 0.613. The first-order valence-corrected chi connectivity index (χ1v) is 7.76. The van der Waals surface area contributed by atoms with E-state index in [1.165, 1.54) is 7.11 Å². The molecule has 1 aromatic heterocycles. The molecular formula is C14H24N2O4S. The Labute approximate surface area is 130 Å². The highest BCUT2D eigenvalue weighted by atomic mass is 32.1. The van der Waals surface area contributed by atoms with Gasteiger partial charge in [0.15, 0.2) is 5.13 Å². The minimum atomic E-state index is -0.214. The van der Waals surface area contributed by atoms with Gasteiger partial charge in [-0.05, 0) is 6.92 Å². The summed E-state index contributed by atoms with van der Waals surface area (Å²) >= 11 is 1.57. The zero-order valence-electron chi connectivity index (χ0n) is 13.1. The highest BCUT2D eigenvalue weighted by Crippen LogP contribution is 2.23. The molecule has 0 saturated heterocycles. The van der Waals surface area contributed by atoms with E-state index in [-0.39, 0.29) is 12.0 Å². The first-order chi connectivity index (χ1) is 10.1. The van der Waals surface area contributed by atoms with Crippen LogP contribution in [0, 0.1) is 0 Å². The number of aryl methyl sites for hydroxylation is 1. The molecule has 0 aliphatic heterocycles. The van der Waals surface area contributed by atoms with Crippen molar-refractivity contribution in [2.24, 2.45) is 0 Å². The van der Waals surface area contributed by atoms with Crippen LogP contribution in [0.5, 0.6) is 0 Å². The van der Waals surface area contributed by atoms with Gasteiger partial charge in [0.05, 0.1) is 38.5 Å². The molecule has 0 N–H and O–H groups in total. The van der Waals surface area contributed by atoms with Crippen LogP contribution < -0.4 is 4.90 Å². The number of ether oxygens (including phenoxy) is 3. The molecule has 0 fully saturated rings. The van der Waals surface area contributed by atoms with Gasteiger partial charge >= 0.3 is 5.97 Å². The molecule has 0 radical (unpaired) electrons. The summed E-state index contributed by atoms with van der Waals surface area (Å²) in [5, 5.41) is 2.91. The summed E-state index contributed by atoms with van der Waals surface area (Å²) < 4.78 is 15.0. The van der Waals surface area contributed by atoms with E-state index >= 15 is 0 Å². The zero-order chi connectivity index (χ0) is 15.7. The molecule has 120 valence electrons. The van der Waals surface area contributed by atoms with Gasteiger partial charge in [-0.15, -0.1) is 11.3 Å². The number of thiazole rings is 1. The number of hydrogen-bond acceptors (Lipinski definition) is 7. The third kappa shape index (κ3) is 5.99. The van der Waals surface area contributed by atoms with Crippen LogP contribution in [0.15, 0.2) is 5.38 Å². The van der Waals surface area contributed by atoms with Crippen LogP contribution in [0.3, 0.4) is 0 Å². The number of aromatic nitrogens is 1. The lowest BCUT2D eigenvalue weighted by Gasteiger charge is -2.28. The summed E-state index contributed by atoms with van der Waals surface area (Å²) in [5.41, 5.74) is 0.910. The van der Waals surface area contributed by atoms with Crippen molar-refractivity contribution in [3.8, 4) is 0 Å². The smallest absolute Gasteiger partial charge is 0.305 e. The van der Waals surface area contributed by atoms with Gasteiger partial charge in [-0.2, -0.15) is 0 Å². The highest BCUT2D eigenvalue weighted by molar-refractivity contribution is 7.13. The van der Waals surface area contributed by atoms with Gasteiger partial charge in [0.1, 0.15) is 0 Å². The third-order valence-corrected chi connectivity index (χ3v) is 4.00. The van der Waals surface area contributed by atoms with Crippen LogP contribution in [-0.2, 0) is 25.4 Å². The van der Waals surface area contributed by atoms with Crippen molar-refractivity contribution in [2.45, 2.75) is 25.8 Å². The summed E-state index contributed by atoms with van der Waals surface area (Å²) in [6.45, 7) is 4.10. The lowest BCUT2D eigenvalue weighted by Crippen LogP contribution is -2.38. The first kappa shape index (κ1) is 17.9. The van der Waals surface area contributed by atoms with Crippen molar-refractivity contribution < 1.29 is 19.0 Å². The molecule has 0 spiro atoms. The number of rotatable bonds is 10. The Balaban J connectivity index is 2.69. The van der Waals surface area contributed by atoms with Crippen LogP contribution in [0.2, 0.25) is 0 Å². The Bertz CT molecular complexity index is 425. The van der Waals surface area contributed by atoms with Crippen molar-refractivity contribution >= 4 is 22.4 Å². The maximum absolute atomic E-state index is 11.2. The highest BCUT2D eigenvalue weighted by Gasteiger charge is 2.18. The first-order valence-electron chi connectivity index (χ1n) is 6.88. The number of carbonyl (C=O) groups is 1. The Morgan fingerprint density at radius 2 is 2.14 bits per heavy atom. The Morgan fingerprint density at radius 1 is 1.38 bits per heavy atom. The van der Waals surface area contributed by atoms with Crippen LogP contribution >= 0.6 is 11.3 Å². The van der Waals surface area contributed by atoms with Gasteiger partial charge in [0, 0.05) is 32.6 Å². The molecule has 1 rings (SSSR count). The molecule has 0 bridgehead atoms. The monoisotopic (exact) mass is 316 g/mol. The number of hydrogen-bond donors (Lipinski definition) is 0. The van der Waals surface area contributed by atoms with Crippen molar-refractivity contribution in [1.82, 2.24) is 4.98 Å². The summed E-state index contributed by atoms with van der Waals surface area (Å²) in [5.74, 6) is -0.214. The summed E-state index contributed by atoms with van der Waals surface area (Å²) in [6, 6.07) is 0.213. The maximum Gasteiger partial charge on any atom is 0.305 e. The third-order valence-electron chi connectivity index (χ3n) is 3.07. The maximum atomic E-state index is 11.2. The molecular weight excluding hydrogens is 292 g/mol. The van der Waals surface area contributed by atoms with Crippen LogP contribution in [-0.4, -0.2) is 58.1 Å². The minimum absolute atomic E-state index is 0.213. The summed E-state index contributed by atoms with van der Waals surface area (Å²) in [4.78, 5) is 17.9. The molecule has 1 heterocycles. The fraction of sp³-hybridized carbons (Fsp3) is 0.714. The molecule has 1 atom stereocenters. The van der Waals surface area contributed by atoms with E-state index in [0.29, 0.717) is 26.1 Å². The second-order valence-corrected chi connectivity index (χ2v) is 5.52. The van der Waals surface area contributed by atoms with E-state index in [4.69, 9.17) is 9.47 Å². The molecule has 1 aromatic rings. The molecule has 21 heavy (non-hydrogen) atoms. The Kier molecular flexibility index (Phi) is 8.26. The van der Waals surface area contributed by atoms with Gasteiger partial charge in [0.2, 0.25) is 0 Å². The largest absolute Gasteiger partial charge is 0.469 e. The minimum Gasteiger partial charge on any atom is -0.469 e. The molecule has 0 saturated carbocycles. The topological polar surface area (TPSA) is 60.9 Å². The summed E-state index contributed by atoms with van der Waals surface area (Å²) in [7, 11) is 4.77. The Morgan fingerprint density at radius 3 is 2.76 bits per heavy atom. The van der Waals surface area contributed by atoms with E-state index in [0.717, 1.165) is 17.4 Å². The standard InChI is InChI=1S/C14H24N2O4S/c1-11(9-19-3)16(7-8-18-2)14-15-12(10-21-14)5-6-13(17)20-4/h10-11H,5-9H2,1-4H3. The fourth-order valence-corrected chi connectivity index (χ4v) is 2.89. The van der Waals surface area contributed by atoms with Crippen molar-refractivity contribution in [3.05, 3.63) is 11.1 Å². The van der Waals surface area contributed by atoms with Crippen molar-refractivity contribution in [3.63, 3.8) is 0 Å². The molecule has 7 heteroatoms. The van der Waals surface area contributed by atoms with Crippen LogP contribution in [0.25, 0.3) is 0 Å². The van der Waals surface area contributed by atoms with Gasteiger partial charge in [-0.1, -0.05) is 0 Å². The molecule has 1 unspecified atom stereocenters. The molecule has 6 nitrogen and oxygen atoms in total. The predicted octanol–water partition coefficient (Wildman–Crippen LogP) is 1.74. The van der Waals surface area contributed by atoms with E-state index in [1.807, 2.05) is 5.38 Å².